The quantitative estimate of drug-likeness (QED) is 0.812. The van der Waals surface area contributed by atoms with Gasteiger partial charge in [-0.25, -0.2) is 0 Å². The first-order chi connectivity index (χ1) is 9.60. The number of carbonyl (C=O) groups excluding carboxylic acids is 1. The molecule has 0 aromatic heterocycles. The summed E-state index contributed by atoms with van der Waals surface area (Å²) < 4.78 is 0. The fourth-order valence-corrected chi connectivity index (χ4v) is 3.40. The van der Waals surface area contributed by atoms with Crippen molar-refractivity contribution < 1.29 is 4.79 Å². The van der Waals surface area contributed by atoms with Crippen molar-refractivity contribution >= 4 is 5.91 Å². The van der Waals surface area contributed by atoms with E-state index in [0.717, 1.165) is 18.5 Å². The number of hydrogen-bond acceptors (Lipinski definition) is 4. The summed E-state index contributed by atoms with van der Waals surface area (Å²) in [7, 11) is 2.03. The van der Waals surface area contributed by atoms with Gasteiger partial charge in [-0.1, -0.05) is 18.2 Å². The molecule has 5 heteroatoms. The summed E-state index contributed by atoms with van der Waals surface area (Å²) in [6.45, 7) is 2.24. The van der Waals surface area contributed by atoms with Crippen LogP contribution in [0.15, 0.2) is 18.2 Å². The van der Waals surface area contributed by atoms with E-state index in [1.807, 2.05) is 7.05 Å². The van der Waals surface area contributed by atoms with Crippen molar-refractivity contribution in [1.82, 2.24) is 9.80 Å². The number of nitriles is 1. The standard InChI is InChI=1S/C15H18N4O/c1-18-5-4-13(15(17)20)14(18)10-2-3-11-7-19(9-16)8-12(11)6-10/h2-3,6,13-14H,4-5,7-8H2,1H3,(H2,17,20). The number of likely N-dealkylation sites (tertiary alicyclic amines) is 1. The predicted octanol–water partition coefficient (Wildman–Crippen LogP) is 0.961. The third kappa shape index (κ3) is 2.02. The van der Waals surface area contributed by atoms with Crippen molar-refractivity contribution in [2.75, 3.05) is 13.6 Å². The minimum Gasteiger partial charge on any atom is -0.369 e. The monoisotopic (exact) mass is 270 g/mol. The second kappa shape index (κ2) is 4.80. The molecule has 0 spiro atoms. The number of amides is 1. The Labute approximate surface area is 118 Å². The van der Waals surface area contributed by atoms with Crippen molar-refractivity contribution in [2.45, 2.75) is 25.6 Å². The van der Waals surface area contributed by atoms with Crippen LogP contribution in [0.5, 0.6) is 0 Å². The minimum absolute atomic E-state index is 0.0638. The van der Waals surface area contributed by atoms with E-state index >= 15 is 0 Å². The van der Waals surface area contributed by atoms with Gasteiger partial charge in [0.1, 0.15) is 0 Å². The topological polar surface area (TPSA) is 73.4 Å². The molecule has 104 valence electrons. The van der Waals surface area contributed by atoms with E-state index in [0.29, 0.717) is 13.1 Å². The van der Waals surface area contributed by atoms with Crippen LogP contribution in [0.2, 0.25) is 0 Å². The SMILES string of the molecule is CN1CCC(C(N)=O)C1c1ccc2c(c1)CN(C#N)C2. The van der Waals surface area contributed by atoms with Crippen molar-refractivity contribution in [3.05, 3.63) is 34.9 Å². The molecule has 5 nitrogen and oxygen atoms in total. The molecule has 1 saturated heterocycles. The predicted molar refractivity (Wildman–Crippen MR) is 74.0 cm³/mol. The Hall–Kier alpha value is -2.06. The highest BCUT2D eigenvalue weighted by Gasteiger charge is 2.37. The number of benzene rings is 1. The van der Waals surface area contributed by atoms with Crippen LogP contribution in [-0.4, -0.2) is 29.3 Å². The summed E-state index contributed by atoms with van der Waals surface area (Å²) in [6, 6.07) is 6.35. The lowest BCUT2D eigenvalue weighted by molar-refractivity contribution is -0.122. The number of rotatable bonds is 2. The van der Waals surface area contributed by atoms with Crippen molar-refractivity contribution in [3.63, 3.8) is 0 Å². The molecule has 2 N–H and O–H groups in total. The van der Waals surface area contributed by atoms with Crippen LogP contribution in [0.4, 0.5) is 0 Å². The van der Waals surface area contributed by atoms with Crippen LogP contribution in [0, 0.1) is 17.4 Å². The maximum Gasteiger partial charge on any atom is 0.222 e. The lowest BCUT2D eigenvalue weighted by Crippen LogP contribution is -2.29. The molecule has 2 aliphatic heterocycles. The van der Waals surface area contributed by atoms with Crippen LogP contribution in [-0.2, 0) is 17.9 Å². The van der Waals surface area contributed by atoms with Crippen LogP contribution in [0.25, 0.3) is 0 Å². The molecule has 2 atom stereocenters. The molecule has 1 aromatic rings. The molecule has 2 unspecified atom stereocenters. The van der Waals surface area contributed by atoms with Gasteiger partial charge in [0.25, 0.3) is 0 Å². The van der Waals surface area contributed by atoms with E-state index in [9.17, 15) is 4.79 Å². The van der Waals surface area contributed by atoms with Gasteiger partial charge in [-0.05, 0) is 36.7 Å². The van der Waals surface area contributed by atoms with E-state index < -0.39 is 0 Å². The normalized spacial score (nSPS) is 25.5. The average Bonchev–Trinajstić information content (AvgIpc) is 3.00. The lowest BCUT2D eigenvalue weighted by Gasteiger charge is -2.24. The minimum atomic E-state index is -0.224. The number of primary amides is 1. The first-order valence-electron chi connectivity index (χ1n) is 6.86. The Morgan fingerprint density at radius 2 is 2.15 bits per heavy atom. The highest BCUT2D eigenvalue weighted by atomic mass is 16.1. The van der Waals surface area contributed by atoms with Gasteiger partial charge in [0.2, 0.25) is 5.91 Å². The Kier molecular flexibility index (Phi) is 3.11. The molecule has 2 heterocycles. The summed E-state index contributed by atoms with van der Waals surface area (Å²) >= 11 is 0. The molecular weight excluding hydrogens is 252 g/mol. The van der Waals surface area contributed by atoms with Gasteiger partial charge in [0, 0.05) is 6.04 Å². The molecule has 3 rings (SSSR count). The molecule has 20 heavy (non-hydrogen) atoms. The van der Waals surface area contributed by atoms with Crippen LogP contribution in [0.1, 0.15) is 29.2 Å². The zero-order chi connectivity index (χ0) is 14.3. The maximum absolute atomic E-state index is 11.6. The third-order valence-corrected chi connectivity index (χ3v) is 4.45. The van der Waals surface area contributed by atoms with Crippen molar-refractivity contribution in [2.24, 2.45) is 11.7 Å². The number of carbonyl (C=O) groups is 1. The number of fused-ring (bicyclic) bond motifs is 1. The Morgan fingerprint density at radius 3 is 2.85 bits per heavy atom. The fraction of sp³-hybridized carbons (Fsp3) is 0.467. The van der Waals surface area contributed by atoms with Crippen LogP contribution < -0.4 is 5.73 Å². The largest absolute Gasteiger partial charge is 0.369 e. The zero-order valence-corrected chi connectivity index (χ0v) is 11.5. The van der Waals surface area contributed by atoms with E-state index in [4.69, 9.17) is 11.0 Å². The van der Waals surface area contributed by atoms with Gasteiger partial charge in [-0.3, -0.25) is 9.69 Å². The van der Waals surface area contributed by atoms with E-state index in [-0.39, 0.29) is 17.9 Å². The molecular formula is C15H18N4O. The highest BCUT2D eigenvalue weighted by Crippen LogP contribution is 2.37. The summed E-state index contributed by atoms with van der Waals surface area (Å²) in [6.07, 6.45) is 3.00. The van der Waals surface area contributed by atoms with Gasteiger partial charge >= 0.3 is 0 Å². The van der Waals surface area contributed by atoms with Gasteiger partial charge in [0.15, 0.2) is 6.19 Å². The summed E-state index contributed by atoms with van der Waals surface area (Å²) in [5.41, 5.74) is 9.05. The Balaban J connectivity index is 1.92. The molecule has 0 aliphatic carbocycles. The fourth-order valence-electron chi connectivity index (χ4n) is 3.40. The highest BCUT2D eigenvalue weighted by molar-refractivity contribution is 5.78. The molecule has 0 bridgehead atoms. The van der Waals surface area contributed by atoms with Gasteiger partial charge in [0.05, 0.1) is 19.0 Å². The van der Waals surface area contributed by atoms with E-state index in [1.54, 1.807) is 4.90 Å². The summed E-state index contributed by atoms with van der Waals surface area (Å²) in [4.78, 5) is 15.5. The second-order valence-electron chi connectivity index (χ2n) is 5.71. The first-order valence-corrected chi connectivity index (χ1v) is 6.86. The lowest BCUT2D eigenvalue weighted by atomic mass is 9.91. The smallest absolute Gasteiger partial charge is 0.222 e. The van der Waals surface area contributed by atoms with Crippen LogP contribution in [0.3, 0.4) is 0 Å². The van der Waals surface area contributed by atoms with Crippen LogP contribution >= 0.6 is 0 Å². The second-order valence-corrected chi connectivity index (χ2v) is 5.71. The summed E-state index contributed by atoms with van der Waals surface area (Å²) in [5, 5.41) is 8.98. The van der Waals surface area contributed by atoms with Gasteiger partial charge < -0.3 is 10.6 Å². The maximum atomic E-state index is 11.6. The van der Waals surface area contributed by atoms with Crippen molar-refractivity contribution in [3.8, 4) is 6.19 Å². The molecule has 2 aliphatic rings. The Morgan fingerprint density at radius 1 is 1.40 bits per heavy atom. The number of hydrogen-bond donors (Lipinski definition) is 1. The van der Waals surface area contributed by atoms with Crippen molar-refractivity contribution in [1.29, 1.82) is 5.26 Å². The summed E-state index contributed by atoms with van der Waals surface area (Å²) in [5.74, 6) is -0.343. The third-order valence-electron chi connectivity index (χ3n) is 4.45. The molecule has 0 saturated carbocycles. The van der Waals surface area contributed by atoms with Gasteiger partial charge in [-0.2, -0.15) is 5.26 Å². The number of nitrogens with zero attached hydrogens (tertiary/aromatic N) is 3. The van der Waals surface area contributed by atoms with E-state index in [1.165, 1.54) is 11.1 Å². The number of nitrogens with two attached hydrogens (primary N) is 1. The Bertz CT molecular complexity index is 592. The van der Waals surface area contributed by atoms with Gasteiger partial charge in [-0.15, -0.1) is 0 Å². The van der Waals surface area contributed by atoms with E-state index in [2.05, 4.69) is 29.3 Å². The zero-order valence-electron chi connectivity index (χ0n) is 11.5. The molecule has 1 fully saturated rings. The molecule has 1 aromatic carbocycles. The first kappa shape index (κ1) is 12.9. The average molecular weight is 270 g/mol. The molecule has 1 amide bonds. The molecule has 0 radical (unpaired) electrons.